The zero-order valence-electron chi connectivity index (χ0n) is 7.84. The van der Waals surface area contributed by atoms with E-state index < -0.39 is 0 Å². The molecule has 0 nitrogen and oxygen atoms in total. The maximum absolute atomic E-state index is 2.41. The fourth-order valence-electron chi connectivity index (χ4n) is 2.02. The van der Waals surface area contributed by atoms with Crippen LogP contribution >= 0.6 is 0 Å². The number of rotatable bonds is 3. The molecule has 0 aromatic carbocycles. The molecule has 1 rings (SSSR count). The summed E-state index contributed by atoms with van der Waals surface area (Å²) in [6.07, 6.45) is 11.5. The summed E-state index contributed by atoms with van der Waals surface area (Å²) in [6.45, 7) is 4.70. The predicted octanol–water partition coefficient (Wildman–Crippen LogP) is 3.78. The zero-order valence-corrected chi connectivity index (χ0v) is 7.84. The highest BCUT2D eigenvalue weighted by molar-refractivity contribution is 4.91. The van der Waals surface area contributed by atoms with Crippen LogP contribution in [0, 0.1) is 11.8 Å². The standard InChI is InChI=1S/C11H20/c1-3-7-10(2)11-8-5-4-6-9-11/h4-5,10-11H,3,6-9H2,1-2H3. The molecule has 0 radical (unpaired) electrons. The van der Waals surface area contributed by atoms with Gasteiger partial charge in [-0.25, -0.2) is 0 Å². The Morgan fingerprint density at radius 1 is 1.45 bits per heavy atom. The van der Waals surface area contributed by atoms with E-state index >= 15 is 0 Å². The third kappa shape index (κ3) is 2.69. The fraction of sp³-hybridized carbons (Fsp3) is 0.818. The van der Waals surface area contributed by atoms with Crippen molar-refractivity contribution in [1.29, 1.82) is 0 Å². The summed E-state index contributed by atoms with van der Waals surface area (Å²) in [4.78, 5) is 0. The van der Waals surface area contributed by atoms with Crippen LogP contribution in [0.25, 0.3) is 0 Å². The predicted molar refractivity (Wildman–Crippen MR) is 50.6 cm³/mol. The molecule has 2 unspecified atom stereocenters. The van der Waals surface area contributed by atoms with Gasteiger partial charge in [0.05, 0.1) is 0 Å². The Kier molecular flexibility index (Phi) is 3.68. The SMILES string of the molecule is CCCC(C)C1CC=CCC1. The molecule has 2 atom stereocenters. The van der Waals surface area contributed by atoms with E-state index in [1.54, 1.807) is 0 Å². The smallest absolute Gasteiger partial charge is 0.0320 e. The van der Waals surface area contributed by atoms with Crippen molar-refractivity contribution >= 4 is 0 Å². The maximum Gasteiger partial charge on any atom is -0.0320 e. The van der Waals surface area contributed by atoms with Gasteiger partial charge in [0.25, 0.3) is 0 Å². The van der Waals surface area contributed by atoms with Crippen LogP contribution in [0.2, 0.25) is 0 Å². The molecule has 0 amide bonds. The average Bonchev–Trinajstić information content (AvgIpc) is 2.07. The first-order valence-electron chi connectivity index (χ1n) is 4.99. The van der Waals surface area contributed by atoms with Crippen LogP contribution in [0.15, 0.2) is 12.2 Å². The van der Waals surface area contributed by atoms with Crippen LogP contribution in [-0.4, -0.2) is 0 Å². The van der Waals surface area contributed by atoms with Gasteiger partial charge < -0.3 is 0 Å². The van der Waals surface area contributed by atoms with Crippen molar-refractivity contribution in [3.63, 3.8) is 0 Å². The second kappa shape index (κ2) is 4.58. The Labute approximate surface area is 70.7 Å². The van der Waals surface area contributed by atoms with E-state index in [9.17, 15) is 0 Å². The summed E-state index contributed by atoms with van der Waals surface area (Å²) in [5.41, 5.74) is 0. The minimum absolute atomic E-state index is 0.949. The minimum atomic E-state index is 0.949. The van der Waals surface area contributed by atoms with Gasteiger partial charge in [-0.05, 0) is 31.1 Å². The molecule has 0 saturated carbocycles. The van der Waals surface area contributed by atoms with Crippen molar-refractivity contribution in [1.82, 2.24) is 0 Å². The summed E-state index contributed by atoms with van der Waals surface area (Å²) in [5, 5.41) is 0. The van der Waals surface area contributed by atoms with Gasteiger partial charge in [0, 0.05) is 0 Å². The molecule has 0 N–H and O–H groups in total. The van der Waals surface area contributed by atoms with E-state index in [2.05, 4.69) is 26.0 Å². The Balaban J connectivity index is 2.28. The van der Waals surface area contributed by atoms with Crippen molar-refractivity contribution in [2.24, 2.45) is 11.8 Å². The van der Waals surface area contributed by atoms with Gasteiger partial charge in [-0.1, -0.05) is 38.8 Å². The molecule has 0 bridgehead atoms. The first kappa shape index (κ1) is 8.83. The van der Waals surface area contributed by atoms with Crippen LogP contribution in [0.5, 0.6) is 0 Å². The largest absolute Gasteiger partial charge is 0.0885 e. The first-order valence-corrected chi connectivity index (χ1v) is 4.99. The second-order valence-corrected chi connectivity index (χ2v) is 3.81. The average molecular weight is 152 g/mol. The minimum Gasteiger partial charge on any atom is -0.0885 e. The lowest BCUT2D eigenvalue weighted by atomic mass is 9.82. The lowest BCUT2D eigenvalue weighted by Gasteiger charge is -2.24. The fourth-order valence-corrected chi connectivity index (χ4v) is 2.02. The molecule has 0 spiro atoms. The number of hydrogen-bond donors (Lipinski definition) is 0. The normalized spacial score (nSPS) is 26.9. The third-order valence-corrected chi connectivity index (χ3v) is 2.86. The van der Waals surface area contributed by atoms with Gasteiger partial charge in [-0.3, -0.25) is 0 Å². The molecule has 1 aliphatic rings. The molecular weight excluding hydrogens is 132 g/mol. The topological polar surface area (TPSA) is 0 Å². The quantitative estimate of drug-likeness (QED) is 0.540. The van der Waals surface area contributed by atoms with E-state index in [1.807, 2.05) is 0 Å². The Morgan fingerprint density at radius 3 is 2.82 bits per heavy atom. The van der Waals surface area contributed by atoms with Crippen LogP contribution < -0.4 is 0 Å². The van der Waals surface area contributed by atoms with Gasteiger partial charge >= 0.3 is 0 Å². The van der Waals surface area contributed by atoms with Crippen LogP contribution in [-0.2, 0) is 0 Å². The molecule has 0 heteroatoms. The van der Waals surface area contributed by atoms with Crippen molar-refractivity contribution in [3.05, 3.63) is 12.2 Å². The third-order valence-electron chi connectivity index (χ3n) is 2.86. The molecule has 0 aromatic heterocycles. The molecule has 0 aliphatic heterocycles. The maximum atomic E-state index is 2.41. The summed E-state index contributed by atoms with van der Waals surface area (Å²) in [6, 6.07) is 0. The number of hydrogen-bond acceptors (Lipinski definition) is 0. The van der Waals surface area contributed by atoms with Gasteiger partial charge in [0.15, 0.2) is 0 Å². The Bertz CT molecular complexity index is 124. The van der Waals surface area contributed by atoms with E-state index in [0.717, 1.165) is 11.8 Å². The summed E-state index contributed by atoms with van der Waals surface area (Å²) in [5.74, 6) is 1.94. The van der Waals surface area contributed by atoms with Gasteiger partial charge in [0.2, 0.25) is 0 Å². The highest BCUT2D eigenvalue weighted by Gasteiger charge is 2.16. The van der Waals surface area contributed by atoms with Crippen molar-refractivity contribution < 1.29 is 0 Å². The molecule has 64 valence electrons. The van der Waals surface area contributed by atoms with Crippen LogP contribution in [0.4, 0.5) is 0 Å². The molecule has 11 heavy (non-hydrogen) atoms. The Morgan fingerprint density at radius 2 is 2.27 bits per heavy atom. The van der Waals surface area contributed by atoms with Crippen molar-refractivity contribution in [2.75, 3.05) is 0 Å². The van der Waals surface area contributed by atoms with E-state index in [-0.39, 0.29) is 0 Å². The molecule has 0 heterocycles. The summed E-state index contributed by atoms with van der Waals surface area (Å²) >= 11 is 0. The van der Waals surface area contributed by atoms with Gasteiger partial charge in [-0.2, -0.15) is 0 Å². The van der Waals surface area contributed by atoms with E-state index in [4.69, 9.17) is 0 Å². The highest BCUT2D eigenvalue weighted by Crippen LogP contribution is 2.28. The Hall–Kier alpha value is -0.260. The van der Waals surface area contributed by atoms with Gasteiger partial charge in [0.1, 0.15) is 0 Å². The highest BCUT2D eigenvalue weighted by atomic mass is 14.2. The summed E-state index contributed by atoms with van der Waals surface area (Å²) in [7, 11) is 0. The second-order valence-electron chi connectivity index (χ2n) is 3.81. The zero-order chi connectivity index (χ0) is 8.10. The van der Waals surface area contributed by atoms with Crippen molar-refractivity contribution in [3.8, 4) is 0 Å². The monoisotopic (exact) mass is 152 g/mol. The lowest BCUT2D eigenvalue weighted by molar-refractivity contribution is 0.312. The molecule has 0 saturated heterocycles. The van der Waals surface area contributed by atoms with Crippen LogP contribution in [0.1, 0.15) is 46.0 Å². The van der Waals surface area contributed by atoms with Crippen LogP contribution in [0.3, 0.4) is 0 Å². The summed E-state index contributed by atoms with van der Waals surface area (Å²) < 4.78 is 0. The molecule has 0 aromatic rings. The molecular formula is C11H20. The molecule has 1 aliphatic carbocycles. The lowest BCUT2D eigenvalue weighted by Crippen LogP contribution is -2.12. The van der Waals surface area contributed by atoms with E-state index in [1.165, 1.54) is 32.1 Å². The van der Waals surface area contributed by atoms with Crippen molar-refractivity contribution in [2.45, 2.75) is 46.0 Å². The number of allylic oxidation sites excluding steroid dienone is 2. The van der Waals surface area contributed by atoms with E-state index in [0.29, 0.717) is 0 Å². The first-order chi connectivity index (χ1) is 5.34. The molecule has 0 fully saturated rings. The van der Waals surface area contributed by atoms with Gasteiger partial charge in [-0.15, -0.1) is 0 Å².